The van der Waals surface area contributed by atoms with Gasteiger partial charge in [0.1, 0.15) is 5.75 Å². The number of ether oxygens (including phenoxy) is 1. The predicted octanol–water partition coefficient (Wildman–Crippen LogP) is 6.64. The van der Waals surface area contributed by atoms with Gasteiger partial charge in [-0.2, -0.15) is 0 Å². The van der Waals surface area contributed by atoms with Crippen LogP contribution in [0.3, 0.4) is 0 Å². The minimum Gasteiger partial charge on any atom is -0.494 e. The molecule has 0 aliphatic carbocycles. The van der Waals surface area contributed by atoms with E-state index in [9.17, 15) is 0 Å². The first-order valence-corrected chi connectivity index (χ1v) is 8.96. The molecule has 0 amide bonds. The molecule has 1 nitrogen and oxygen atoms in total. The van der Waals surface area contributed by atoms with Crippen molar-refractivity contribution < 1.29 is 4.74 Å². The van der Waals surface area contributed by atoms with E-state index in [0.717, 1.165) is 10.2 Å². The molecule has 1 rings (SSSR count). The summed E-state index contributed by atoms with van der Waals surface area (Å²) >= 11 is 7.44. The molecule has 0 aliphatic heterocycles. The number of alkyl halides is 1. The van der Waals surface area contributed by atoms with Gasteiger partial charge >= 0.3 is 0 Å². The average molecular weight is 392 g/mol. The van der Waals surface area contributed by atoms with Crippen LogP contribution in [0.25, 0.3) is 0 Å². The molecule has 1 aromatic rings. The van der Waals surface area contributed by atoms with E-state index in [1.807, 2.05) is 6.92 Å². The topological polar surface area (TPSA) is 9.23 Å². The van der Waals surface area contributed by atoms with Gasteiger partial charge in [-0.25, -0.2) is 0 Å². The molecular formula is C16H24Br2O. The lowest BCUT2D eigenvalue weighted by Crippen LogP contribution is -1.95. The Hall–Kier alpha value is -0.0200. The summed E-state index contributed by atoms with van der Waals surface area (Å²) in [6, 6.07) is 6.26. The van der Waals surface area contributed by atoms with Crippen molar-refractivity contribution in [1.82, 2.24) is 0 Å². The summed E-state index contributed by atoms with van der Waals surface area (Å²) in [5.41, 5.74) is 1.32. The highest BCUT2D eigenvalue weighted by Gasteiger charge is 2.11. The van der Waals surface area contributed by atoms with E-state index in [0.29, 0.717) is 11.4 Å². The number of hydrogen-bond donors (Lipinski definition) is 0. The first kappa shape index (κ1) is 17.0. The van der Waals surface area contributed by atoms with Crippen molar-refractivity contribution in [3.05, 3.63) is 28.2 Å². The van der Waals surface area contributed by atoms with Crippen molar-refractivity contribution in [3.8, 4) is 5.75 Å². The highest BCUT2D eigenvalue weighted by atomic mass is 79.9. The van der Waals surface area contributed by atoms with Gasteiger partial charge in [-0.15, -0.1) is 0 Å². The van der Waals surface area contributed by atoms with Gasteiger partial charge in [0.05, 0.1) is 6.61 Å². The summed E-state index contributed by atoms with van der Waals surface area (Å²) in [5.74, 6) is 0.931. The fraction of sp³-hybridized carbons (Fsp3) is 0.625. The van der Waals surface area contributed by atoms with Crippen molar-refractivity contribution in [2.45, 2.75) is 57.2 Å². The second kappa shape index (κ2) is 9.82. The minimum absolute atomic E-state index is 0.430. The Morgan fingerprint density at radius 3 is 2.47 bits per heavy atom. The van der Waals surface area contributed by atoms with Gasteiger partial charge in [0.25, 0.3) is 0 Å². The smallest absolute Gasteiger partial charge is 0.120 e. The standard InChI is InChI=1S/C16H24Br2O/c1-3-5-6-7-8-9-15(17)14-11-10-13(19-4-2)12-16(14)18/h10-12,15H,3-9H2,1-2H3. The van der Waals surface area contributed by atoms with Crippen LogP contribution in [0, 0.1) is 0 Å². The normalized spacial score (nSPS) is 12.4. The van der Waals surface area contributed by atoms with E-state index in [-0.39, 0.29) is 0 Å². The summed E-state index contributed by atoms with van der Waals surface area (Å²) in [4.78, 5) is 0.430. The van der Waals surface area contributed by atoms with E-state index in [1.54, 1.807) is 0 Å². The molecule has 0 bridgehead atoms. The van der Waals surface area contributed by atoms with E-state index in [4.69, 9.17) is 4.74 Å². The van der Waals surface area contributed by atoms with Crippen molar-refractivity contribution in [2.24, 2.45) is 0 Å². The van der Waals surface area contributed by atoms with Gasteiger partial charge in [0, 0.05) is 9.30 Å². The van der Waals surface area contributed by atoms with Crippen LogP contribution in [0.4, 0.5) is 0 Å². The van der Waals surface area contributed by atoms with Crippen molar-refractivity contribution >= 4 is 31.9 Å². The van der Waals surface area contributed by atoms with Crippen LogP contribution in [0.2, 0.25) is 0 Å². The average Bonchev–Trinajstić information content (AvgIpc) is 2.39. The highest BCUT2D eigenvalue weighted by molar-refractivity contribution is 9.11. The fourth-order valence-electron chi connectivity index (χ4n) is 2.10. The molecule has 0 saturated carbocycles. The predicted molar refractivity (Wildman–Crippen MR) is 90.4 cm³/mol. The second-order valence-corrected chi connectivity index (χ2v) is 6.75. The molecule has 0 aromatic heterocycles. The molecule has 1 atom stereocenters. The number of benzene rings is 1. The van der Waals surface area contributed by atoms with E-state index in [2.05, 4.69) is 57.0 Å². The van der Waals surface area contributed by atoms with E-state index >= 15 is 0 Å². The SMILES string of the molecule is CCCCCCCC(Br)c1ccc(OCC)cc1Br. The van der Waals surface area contributed by atoms with Crippen LogP contribution in [-0.2, 0) is 0 Å². The van der Waals surface area contributed by atoms with Gasteiger partial charge in [0.2, 0.25) is 0 Å². The first-order chi connectivity index (χ1) is 9.19. The van der Waals surface area contributed by atoms with Crippen molar-refractivity contribution in [2.75, 3.05) is 6.61 Å². The van der Waals surface area contributed by atoms with Crippen LogP contribution >= 0.6 is 31.9 Å². The second-order valence-electron chi connectivity index (χ2n) is 4.79. The quantitative estimate of drug-likeness (QED) is 0.338. The van der Waals surface area contributed by atoms with Crippen molar-refractivity contribution in [3.63, 3.8) is 0 Å². The molecule has 1 aromatic carbocycles. The molecule has 3 heteroatoms. The molecular weight excluding hydrogens is 368 g/mol. The molecule has 0 heterocycles. The Bertz CT molecular complexity index is 366. The van der Waals surface area contributed by atoms with Gasteiger partial charge in [-0.3, -0.25) is 0 Å². The zero-order valence-corrected chi connectivity index (χ0v) is 15.1. The number of rotatable bonds is 9. The highest BCUT2D eigenvalue weighted by Crippen LogP contribution is 2.35. The number of unbranched alkanes of at least 4 members (excludes halogenated alkanes) is 4. The Morgan fingerprint density at radius 1 is 1.11 bits per heavy atom. The van der Waals surface area contributed by atoms with Gasteiger partial charge in [-0.05, 0) is 31.0 Å². The van der Waals surface area contributed by atoms with Crippen LogP contribution in [-0.4, -0.2) is 6.61 Å². The van der Waals surface area contributed by atoms with Gasteiger partial charge in [0.15, 0.2) is 0 Å². The third-order valence-corrected chi connectivity index (χ3v) is 4.82. The van der Waals surface area contributed by atoms with E-state index in [1.165, 1.54) is 44.1 Å². The number of hydrogen-bond acceptors (Lipinski definition) is 1. The Kier molecular flexibility index (Phi) is 8.80. The minimum atomic E-state index is 0.430. The van der Waals surface area contributed by atoms with Crippen LogP contribution in [0.1, 0.15) is 62.8 Å². The van der Waals surface area contributed by atoms with Crippen LogP contribution < -0.4 is 4.74 Å². The summed E-state index contributed by atoms with van der Waals surface area (Å²) in [6.07, 6.45) is 7.85. The monoisotopic (exact) mass is 390 g/mol. The fourth-order valence-corrected chi connectivity index (χ4v) is 3.77. The van der Waals surface area contributed by atoms with Crippen molar-refractivity contribution in [1.29, 1.82) is 0 Å². The molecule has 0 saturated heterocycles. The lowest BCUT2D eigenvalue weighted by atomic mass is 10.0. The summed E-state index contributed by atoms with van der Waals surface area (Å²) in [5, 5.41) is 0. The van der Waals surface area contributed by atoms with Crippen LogP contribution in [0.15, 0.2) is 22.7 Å². The largest absolute Gasteiger partial charge is 0.494 e. The molecule has 108 valence electrons. The Labute approximate surface area is 134 Å². The Balaban J connectivity index is 2.45. The lowest BCUT2D eigenvalue weighted by molar-refractivity contribution is 0.340. The number of halogens is 2. The van der Waals surface area contributed by atoms with Gasteiger partial charge < -0.3 is 4.74 Å². The summed E-state index contributed by atoms with van der Waals surface area (Å²) in [6.45, 7) is 4.97. The Morgan fingerprint density at radius 2 is 1.84 bits per heavy atom. The molecule has 0 spiro atoms. The van der Waals surface area contributed by atoms with Crippen LogP contribution in [0.5, 0.6) is 5.75 Å². The molecule has 0 fully saturated rings. The third kappa shape index (κ3) is 6.31. The maximum atomic E-state index is 5.50. The zero-order valence-electron chi connectivity index (χ0n) is 11.9. The zero-order chi connectivity index (χ0) is 14.1. The molecule has 19 heavy (non-hydrogen) atoms. The molecule has 0 N–H and O–H groups in total. The summed E-state index contributed by atoms with van der Waals surface area (Å²) < 4.78 is 6.63. The summed E-state index contributed by atoms with van der Waals surface area (Å²) in [7, 11) is 0. The van der Waals surface area contributed by atoms with E-state index < -0.39 is 0 Å². The maximum Gasteiger partial charge on any atom is 0.120 e. The van der Waals surface area contributed by atoms with Gasteiger partial charge in [-0.1, -0.05) is 77.0 Å². The maximum absolute atomic E-state index is 5.50. The third-order valence-electron chi connectivity index (χ3n) is 3.18. The molecule has 0 aliphatic rings. The first-order valence-electron chi connectivity index (χ1n) is 7.25. The lowest BCUT2D eigenvalue weighted by Gasteiger charge is -2.13. The molecule has 0 radical (unpaired) electrons. The molecule has 1 unspecified atom stereocenters.